The monoisotopic (exact) mass is 321 g/mol. The van der Waals surface area contributed by atoms with Crippen LogP contribution >= 0.6 is 0 Å². The summed E-state index contributed by atoms with van der Waals surface area (Å²) in [5.74, 6) is -0.266. The lowest BCUT2D eigenvalue weighted by Crippen LogP contribution is -2.33. The van der Waals surface area contributed by atoms with Crippen LogP contribution in [0.3, 0.4) is 0 Å². The Bertz CT molecular complexity index is 747. The van der Waals surface area contributed by atoms with Gasteiger partial charge in [-0.2, -0.15) is 0 Å². The van der Waals surface area contributed by atoms with Crippen LogP contribution in [-0.4, -0.2) is 65.7 Å². The lowest BCUT2D eigenvalue weighted by atomic mass is 10.1. The molecule has 1 saturated heterocycles. The highest BCUT2D eigenvalue weighted by Gasteiger charge is 2.44. The Kier molecular flexibility index (Phi) is 4.05. The molecular weight excluding hydrogens is 306 g/mol. The summed E-state index contributed by atoms with van der Waals surface area (Å²) in [7, 11) is 0. The van der Waals surface area contributed by atoms with Crippen molar-refractivity contribution in [3.05, 3.63) is 25.3 Å². The van der Waals surface area contributed by atoms with Gasteiger partial charge in [-0.1, -0.05) is 6.58 Å². The first-order chi connectivity index (χ1) is 11.1. The molecule has 23 heavy (non-hydrogen) atoms. The number of ether oxygens (including phenoxy) is 1. The summed E-state index contributed by atoms with van der Waals surface area (Å²) < 4.78 is 6.85. The maximum Gasteiger partial charge on any atom is 0.248 e. The number of rotatable bonds is 4. The predicted octanol–water partition coefficient (Wildman–Crippen LogP) is -1.44. The second-order valence-corrected chi connectivity index (χ2v) is 4.97. The van der Waals surface area contributed by atoms with Crippen LogP contribution in [0.4, 0.5) is 5.82 Å². The van der Waals surface area contributed by atoms with Gasteiger partial charge in [-0.3, -0.25) is 9.36 Å². The third-order valence-corrected chi connectivity index (χ3v) is 3.58. The molecule has 10 nitrogen and oxygen atoms in total. The SMILES string of the molecule is C=CC(=O)Nc1ncnc2c1ncn2[C@@H]1O[C@H](CO)[C@@H](O)[C@H]1O. The molecule has 122 valence electrons. The van der Waals surface area contributed by atoms with Crippen LogP contribution in [0, 0.1) is 0 Å². The first-order valence-corrected chi connectivity index (χ1v) is 6.80. The van der Waals surface area contributed by atoms with Gasteiger partial charge in [-0.15, -0.1) is 0 Å². The van der Waals surface area contributed by atoms with E-state index >= 15 is 0 Å². The van der Waals surface area contributed by atoms with Crippen LogP contribution in [0.15, 0.2) is 25.3 Å². The van der Waals surface area contributed by atoms with E-state index in [1.54, 1.807) is 0 Å². The molecule has 0 saturated carbocycles. The fourth-order valence-corrected chi connectivity index (χ4v) is 2.41. The molecule has 3 rings (SSSR count). The second kappa shape index (κ2) is 6.01. The van der Waals surface area contributed by atoms with E-state index in [-0.39, 0.29) is 5.82 Å². The minimum atomic E-state index is -1.26. The molecule has 0 spiro atoms. The normalized spacial score (nSPS) is 27.3. The second-order valence-electron chi connectivity index (χ2n) is 4.97. The standard InChI is InChI=1S/C13H15N5O5/c1-2-7(20)17-11-8-12(15-4-14-11)18(5-16-8)13-10(22)9(21)6(3-19)23-13/h2,4-6,9-10,13,19,21-22H,1,3H2,(H,14,15,17,20)/t6-,9-,10-,13-/m1/s1. The molecule has 3 heterocycles. The number of carbonyl (C=O) groups is 1. The molecule has 10 heteroatoms. The van der Waals surface area contributed by atoms with Crippen LogP contribution in [0.25, 0.3) is 11.2 Å². The van der Waals surface area contributed by atoms with Crippen molar-refractivity contribution in [2.24, 2.45) is 0 Å². The summed E-state index contributed by atoms with van der Waals surface area (Å²) in [5.41, 5.74) is 0.592. The Labute approximate surface area is 130 Å². The van der Waals surface area contributed by atoms with Crippen LogP contribution in [0.5, 0.6) is 0 Å². The molecule has 2 aromatic rings. The number of anilines is 1. The molecule has 1 aliphatic rings. The quantitative estimate of drug-likeness (QED) is 0.502. The number of imidazole rings is 1. The zero-order chi connectivity index (χ0) is 16.6. The van der Waals surface area contributed by atoms with Gasteiger partial charge < -0.3 is 25.4 Å². The van der Waals surface area contributed by atoms with Gasteiger partial charge in [0.15, 0.2) is 23.2 Å². The van der Waals surface area contributed by atoms with Crippen LogP contribution in [-0.2, 0) is 9.53 Å². The Hall–Kier alpha value is -2.40. The van der Waals surface area contributed by atoms with E-state index in [0.717, 1.165) is 6.08 Å². The molecule has 0 unspecified atom stereocenters. The number of hydrogen-bond donors (Lipinski definition) is 4. The first kappa shape index (κ1) is 15.5. The van der Waals surface area contributed by atoms with Gasteiger partial charge >= 0.3 is 0 Å². The van der Waals surface area contributed by atoms with E-state index < -0.39 is 37.1 Å². The smallest absolute Gasteiger partial charge is 0.248 e. The fraction of sp³-hybridized carbons (Fsp3) is 0.385. The molecule has 1 fully saturated rings. The van der Waals surface area contributed by atoms with E-state index in [1.807, 2.05) is 0 Å². The number of carbonyl (C=O) groups excluding carboxylic acids is 1. The Balaban J connectivity index is 1.99. The minimum Gasteiger partial charge on any atom is -0.394 e. The average Bonchev–Trinajstić information content (AvgIpc) is 3.10. The number of amides is 1. The van der Waals surface area contributed by atoms with E-state index in [0.29, 0.717) is 11.2 Å². The van der Waals surface area contributed by atoms with Crippen molar-refractivity contribution < 1.29 is 24.9 Å². The minimum absolute atomic E-state index is 0.186. The molecule has 4 atom stereocenters. The van der Waals surface area contributed by atoms with Crippen molar-refractivity contribution in [3.8, 4) is 0 Å². The van der Waals surface area contributed by atoms with Gasteiger partial charge in [0.2, 0.25) is 5.91 Å². The Morgan fingerprint density at radius 1 is 1.39 bits per heavy atom. The predicted molar refractivity (Wildman–Crippen MR) is 77.2 cm³/mol. The Morgan fingerprint density at radius 3 is 2.83 bits per heavy atom. The number of aliphatic hydroxyl groups excluding tert-OH is 3. The maximum atomic E-state index is 11.4. The lowest BCUT2D eigenvalue weighted by Gasteiger charge is -2.16. The van der Waals surface area contributed by atoms with E-state index in [9.17, 15) is 15.0 Å². The molecular formula is C13H15N5O5. The molecule has 2 aromatic heterocycles. The van der Waals surface area contributed by atoms with Crippen molar-refractivity contribution in [2.75, 3.05) is 11.9 Å². The highest BCUT2D eigenvalue weighted by Crippen LogP contribution is 2.31. The molecule has 0 bridgehead atoms. The van der Waals surface area contributed by atoms with E-state index in [2.05, 4.69) is 26.8 Å². The number of aromatic nitrogens is 4. The van der Waals surface area contributed by atoms with Gasteiger partial charge in [0.25, 0.3) is 0 Å². The number of nitrogens with one attached hydrogen (secondary N) is 1. The number of aliphatic hydroxyl groups is 3. The molecule has 0 aromatic carbocycles. The van der Waals surface area contributed by atoms with Crippen LogP contribution < -0.4 is 5.32 Å². The van der Waals surface area contributed by atoms with E-state index in [1.165, 1.54) is 17.2 Å². The zero-order valence-electron chi connectivity index (χ0n) is 11.9. The van der Waals surface area contributed by atoms with Crippen LogP contribution in [0.2, 0.25) is 0 Å². The van der Waals surface area contributed by atoms with Gasteiger partial charge in [0, 0.05) is 0 Å². The number of nitrogens with zero attached hydrogens (tertiary/aromatic N) is 4. The highest BCUT2D eigenvalue weighted by atomic mass is 16.6. The molecule has 1 amide bonds. The van der Waals surface area contributed by atoms with Crippen molar-refractivity contribution in [1.29, 1.82) is 0 Å². The molecule has 0 aliphatic carbocycles. The number of fused-ring (bicyclic) bond motifs is 1. The molecule has 1 aliphatic heterocycles. The topological polar surface area (TPSA) is 143 Å². The van der Waals surface area contributed by atoms with Crippen molar-refractivity contribution in [3.63, 3.8) is 0 Å². The van der Waals surface area contributed by atoms with Gasteiger partial charge in [-0.05, 0) is 6.08 Å². The maximum absolute atomic E-state index is 11.4. The fourth-order valence-electron chi connectivity index (χ4n) is 2.41. The van der Waals surface area contributed by atoms with E-state index in [4.69, 9.17) is 9.84 Å². The third kappa shape index (κ3) is 2.57. The lowest BCUT2D eigenvalue weighted by molar-refractivity contribution is -0.111. The van der Waals surface area contributed by atoms with Gasteiger partial charge in [0.05, 0.1) is 12.9 Å². The Morgan fingerprint density at radius 2 is 2.17 bits per heavy atom. The average molecular weight is 321 g/mol. The third-order valence-electron chi connectivity index (χ3n) is 3.58. The van der Waals surface area contributed by atoms with Crippen molar-refractivity contribution in [2.45, 2.75) is 24.5 Å². The number of hydrogen-bond acceptors (Lipinski definition) is 8. The summed E-state index contributed by atoms with van der Waals surface area (Å²) in [6, 6.07) is 0. The van der Waals surface area contributed by atoms with Gasteiger partial charge in [0.1, 0.15) is 24.6 Å². The highest BCUT2D eigenvalue weighted by molar-refractivity contribution is 6.02. The largest absolute Gasteiger partial charge is 0.394 e. The summed E-state index contributed by atoms with van der Waals surface area (Å²) in [4.78, 5) is 23.5. The summed E-state index contributed by atoms with van der Waals surface area (Å²) in [6.07, 6.45) is -0.699. The van der Waals surface area contributed by atoms with Crippen molar-refractivity contribution >= 4 is 22.9 Å². The summed E-state index contributed by atoms with van der Waals surface area (Å²) in [5, 5.41) is 31.6. The zero-order valence-corrected chi connectivity index (χ0v) is 11.9. The molecule has 4 N–H and O–H groups in total. The molecule has 0 radical (unpaired) electrons. The summed E-state index contributed by atoms with van der Waals surface area (Å²) in [6.45, 7) is 2.92. The van der Waals surface area contributed by atoms with Crippen molar-refractivity contribution in [1.82, 2.24) is 19.5 Å². The van der Waals surface area contributed by atoms with Gasteiger partial charge in [-0.25, -0.2) is 15.0 Å². The van der Waals surface area contributed by atoms with Crippen LogP contribution in [0.1, 0.15) is 6.23 Å². The summed E-state index contributed by atoms with van der Waals surface area (Å²) >= 11 is 0. The first-order valence-electron chi connectivity index (χ1n) is 6.80.